The van der Waals surface area contributed by atoms with Crippen LogP contribution in [0.5, 0.6) is 0 Å². The van der Waals surface area contributed by atoms with E-state index in [4.69, 9.17) is 0 Å². The van der Waals surface area contributed by atoms with Gasteiger partial charge in [-0.25, -0.2) is 14.8 Å². The Morgan fingerprint density at radius 3 is 2.29 bits per heavy atom. The van der Waals surface area contributed by atoms with E-state index < -0.39 is 5.97 Å². The van der Waals surface area contributed by atoms with Crippen molar-refractivity contribution in [2.24, 2.45) is 0 Å². The molecule has 1 heterocycles. The van der Waals surface area contributed by atoms with Gasteiger partial charge in [0.25, 0.3) is 0 Å². The van der Waals surface area contributed by atoms with E-state index in [-0.39, 0.29) is 11.5 Å². The summed E-state index contributed by atoms with van der Waals surface area (Å²) in [6, 6.07) is 3.99. The van der Waals surface area contributed by atoms with E-state index in [0.717, 1.165) is 21.2 Å². The first-order valence-electron chi connectivity index (χ1n) is 6.68. The van der Waals surface area contributed by atoms with Crippen LogP contribution in [0.4, 0.5) is 0 Å². The Labute approximate surface area is 132 Å². The van der Waals surface area contributed by atoms with Gasteiger partial charge >= 0.3 is 5.97 Å². The van der Waals surface area contributed by atoms with Crippen LogP contribution >= 0.6 is 15.9 Å². The van der Waals surface area contributed by atoms with Gasteiger partial charge in [0.05, 0.1) is 11.3 Å². The van der Waals surface area contributed by atoms with Gasteiger partial charge in [0.2, 0.25) is 0 Å². The van der Waals surface area contributed by atoms with Crippen LogP contribution in [0.1, 0.15) is 46.9 Å². The first-order valence-corrected chi connectivity index (χ1v) is 7.48. The molecule has 1 aromatic carbocycles. The van der Waals surface area contributed by atoms with Gasteiger partial charge in [0, 0.05) is 16.2 Å². The molecule has 1 aromatic heterocycles. The van der Waals surface area contributed by atoms with Gasteiger partial charge in [-0.2, -0.15) is 0 Å². The van der Waals surface area contributed by atoms with E-state index in [1.54, 1.807) is 0 Å². The maximum absolute atomic E-state index is 11.2. The zero-order valence-electron chi connectivity index (χ0n) is 12.4. The molecule has 0 atom stereocenters. The molecule has 0 saturated heterocycles. The molecule has 0 saturated carbocycles. The van der Waals surface area contributed by atoms with E-state index in [1.165, 1.54) is 6.20 Å². The summed E-state index contributed by atoms with van der Waals surface area (Å²) >= 11 is 3.54. The molecular formula is C16H17BrN2O2. The number of nitrogens with zero attached hydrogens (tertiary/aromatic N) is 2. The highest BCUT2D eigenvalue weighted by atomic mass is 79.9. The molecule has 5 heteroatoms. The first kappa shape index (κ1) is 15.6. The molecule has 2 rings (SSSR count). The van der Waals surface area contributed by atoms with E-state index in [2.05, 4.69) is 25.9 Å². The molecule has 0 amide bonds. The average Bonchev–Trinajstić information content (AvgIpc) is 2.43. The van der Waals surface area contributed by atoms with Crippen molar-refractivity contribution in [2.75, 3.05) is 0 Å². The first-order chi connectivity index (χ1) is 9.81. The maximum Gasteiger partial charge on any atom is 0.339 e. The summed E-state index contributed by atoms with van der Waals surface area (Å²) in [6.45, 7) is 7.87. The number of aromatic carboxylic acids is 1. The second kappa shape index (κ2) is 5.93. The van der Waals surface area contributed by atoms with Gasteiger partial charge in [0.15, 0.2) is 5.82 Å². The van der Waals surface area contributed by atoms with Crippen LogP contribution in [0, 0.1) is 13.8 Å². The van der Waals surface area contributed by atoms with Crippen LogP contribution < -0.4 is 0 Å². The second-order valence-corrected chi connectivity index (χ2v) is 6.17. The lowest BCUT2D eigenvalue weighted by molar-refractivity contribution is 0.0694. The van der Waals surface area contributed by atoms with Crippen molar-refractivity contribution in [1.29, 1.82) is 0 Å². The Morgan fingerprint density at radius 1 is 1.24 bits per heavy atom. The number of hydrogen-bond donors (Lipinski definition) is 1. The van der Waals surface area contributed by atoms with Crippen molar-refractivity contribution in [3.8, 4) is 11.4 Å². The Balaban J connectivity index is 2.60. The maximum atomic E-state index is 11.2. The molecule has 0 unspecified atom stereocenters. The van der Waals surface area contributed by atoms with Crippen LogP contribution in [0.2, 0.25) is 0 Å². The van der Waals surface area contributed by atoms with Gasteiger partial charge in [-0.1, -0.05) is 29.8 Å². The monoisotopic (exact) mass is 348 g/mol. The van der Waals surface area contributed by atoms with Crippen molar-refractivity contribution < 1.29 is 9.90 Å². The molecule has 1 N–H and O–H groups in total. The summed E-state index contributed by atoms with van der Waals surface area (Å²) in [7, 11) is 0. The van der Waals surface area contributed by atoms with E-state index in [9.17, 15) is 9.90 Å². The molecule has 0 radical (unpaired) electrons. The molecule has 21 heavy (non-hydrogen) atoms. The Morgan fingerprint density at radius 2 is 1.81 bits per heavy atom. The van der Waals surface area contributed by atoms with Crippen molar-refractivity contribution >= 4 is 21.9 Å². The van der Waals surface area contributed by atoms with Crippen LogP contribution in [-0.2, 0) is 0 Å². The highest BCUT2D eigenvalue weighted by molar-refractivity contribution is 9.10. The zero-order chi connectivity index (χ0) is 15.7. The highest BCUT2D eigenvalue weighted by Gasteiger charge is 2.17. The smallest absolute Gasteiger partial charge is 0.339 e. The lowest BCUT2D eigenvalue weighted by Gasteiger charge is -2.12. The predicted octanol–water partition coefficient (Wildman–Crippen LogP) is 4.34. The number of carbonyl (C=O) groups is 1. The number of rotatable bonds is 3. The quantitative estimate of drug-likeness (QED) is 0.895. The average molecular weight is 349 g/mol. The lowest BCUT2D eigenvalue weighted by atomic mass is 10.0. The number of carboxylic acid groups (broad SMARTS) is 1. The molecule has 0 aliphatic rings. The van der Waals surface area contributed by atoms with E-state index in [1.807, 2.05) is 39.8 Å². The fourth-order valence-corrected chi connectivity index (χ4v) is 2.44. The molecular weight excluding hydrogens is 332 g/mol. The van der Waals surface area contributed by atoms with Gasteiger partial charge in [-0.3, -0.25) is 0 Å². The summed E-state index contributed by atoms with van der Waals surface area (Å²) in [5, 5.41) is 9.21. The molecule has 2 aromatic rings. The topological polar surface area (TPSA) is 63.1 Å². The highest BCUT2D eigenvalue weighted by Crippen LogP contribution is 2.28. The summed E-state index contributed by atoms with van der Waals surface area (Å²) < 4.78 is 1.07. The number of aromatic nitrogens is 2. The van der Waals surface area contributed by atoms with Gasteiger partial charge in [-0.15, -0.1) is 0 Å². The van der Waals surface area contributed by atoms with Crippen LogP contribution in [0.3, 0.4) is 0 Å². The van der Waals surface area contributed by atoms with Crippen molar-refractivity contribution in [3.63, 3.8) is 0 Å². The summed E-state index contributed by atoms with van der Waals surface area (Å²) in [5.74, 6) is -0.411. The summed E-state index contributed by atoms with van der Waals surface area (Å²) in [6.07, 6.45) is 1.40. The van der Waals surface area contributed by atoms with Crippen molar-refractivity contribution in [3.05, 3.63) is 45.2 Å². The summed E-state index contributed by atoms with van der Waals surface area (Å²) in [5.41, 5.74) is 3.82. The molecule has 0 aliphatic carbocycles. The molecule has 0 spiro atoms. The summed E-state index contributed by atoms with van der Waals surface area (Å²) in [4.78, 5) is 19.9. The Hall–Kier alpha value is -1.75. The standard InChI is InChI=1S/C16H17BrN2O2/c1-8(2)14-12(16(20)21)7-18-15(19-14)11-5-9(3)13(17)10(4)6-11/h5-8H,1-4H3,(H,20,21). The minimum absolute atomic E-state index is 0.0236. The van der Waals surface area contributed by atoms with Crippen LogP contribution in [0.25, 0.3) is 11.4 Å². The molecule has 4 nitrogen and oxygen atoms in total. The molecule has 0 bridgehead atoms. The number of benzene rings is 1. The normalized spacial score (nSPS) is 11.0. The third-order valence-electron chi connectivity index (χ3n) is 3.29. The number of carboxylic acids is 1. The van der Waals surface area contributed by atoms with Crippen LogP contribution in [0.15, 0.2) is 22.8 Å². The Kier molecular flexibility index (Phi) is 4.42. The van der Waals surface area contributed by atoms with Gasteiger partial charge < -0.3 is 5.11 Å². The zero-order valence-corrected chi connectivity index (χ0v) is 14.0. The van der Waals surface area contributed by atoms with Crippen LogP contribution in [-0.4, -0.2) is 21.0 Å². The molecule has 0 aliphatic heterocycles. The number of aryl methyl sites for hydroxylation is 2. The predicted molar refractivity (Wildman–Crippen MR) is 85.7 cm³/mol. The molecule has 110 valence electrons. The fourth-order valence-electron chi connectivity index (χ4n) is 2.21. The largest absolute Gasteiger partial charge is 0.478 e. The fraction of sp³-hybridized carbons (Fsp3) is 0.312. The minimum atomic E-state index is -0.992. The second-order valence-electron chi connectivity index (χ2n) is 5.38. The van der Waals surface area contributed by atoms with E-state index >= 15 is 0 Å². The number of halogens is 1. The Bertz CT molecular complexity index is 688. The number of hydrogen-bond acceptors (Lipinski definition) is 3. The lowest BCUT2D eigenvalue weighted by Crippen LogP contribution is -2.09. The van der Waals surface area contributed by atoms with Gasteiger partial charge in [0.1, 0.15) is 0 Å². The third kappa shape index (κ3) is 3.13. The SMILES string of the molecule is Cc1cc(-c2ncc(C(=O)O)c(C(C)C)n2)cc(C)c1Br. The molecule has 0 fully saturated rings. The van der Waals surface area contributed by atoms with E-state index in [0.29, 0.717) is 11.5 Å². The van der Waals surface area contributed by atoms with Crippen molar-refractivity contribution in [2.45, 2.75) is 33.6 Å². The third-order valence-corrected chi connectivity index (χ3v) is 4.54. The van der Waals surface area contributed by atoms with Crippen molar-refractivity contribution in [1.82, 2.24) is 9.97 Å². The van der Waals surface area contributed by atoms with Gasteiger partial charge in [-0.05, 0) is 43.0 Å². The minimum Gasteiger partial charge on any atom is -0.478 e.